The minimum Gasteiger partial charge on any atom is -0.476 e. The first-order valence-corrected chi connectivity index (χ1v) is 7.46. The minimum atomic E-state index is -0.965. The van der Waals surface area contributed by atoms with Crippen molar-refractivity contribution in [3.8, 4) is 5.13 Å². The van der Waals surface area contributed by atoms with Crippen LogP contribution in [0.3, 0.4) is 0 Å². The standard InChI is InChI=1S/C16H14N2O2S/c19-15(20)14-13(9-8-12-6-2-1-3-7-12)21-16(17-14)18-10-4-5-11-18/h1-7,10-11H,8-9H2,(H,19,20). The smallest absolute Gasteiger partial charge is 0.355 e. The lowest BCUT2D eigenvalue weighted by Crippen LogP contribution is -2.02. The third-order valence-corrected chi connectivity index (χ3v) is 4.33. The summed E-state index contributed by atoms with van der Waals surface area (Å²) in [5.41, 5.74) is 1.37. The molecule has 0 spiro atoms. The SMILES string of the molecule is O=C(O)c1nc(-n2cccc2)sc1CCc1ccccc1. The molecular weight excluding hydrogens is 284 g/mol. The Hall–Kier alpha value is -2.40. The molecule has 0 aliphatic carbocycles. The number of carbonyl (C=O) groups is 1. The van der Waals surface area contributed by atoms with E-state index < -0.39 is 5.97 Å². The Bertz CT molecular complexity index is 733. The molecule has 0 saturated heterocycles. The van der Waals surface area contributed by atoms with Crippen molar-refractivity contribution in [2.75, 3.05) is 0 Å². The van der Waals surface area contributed by atoms with E-state index >= 15 is 0 Å². The first kappa shape index (κ1) is 13.6. The van der Waals surface area contributed by atoms with Gasteiger partial charge in [0, 0.05) is 17.3 Å². The van der Waals surface area contributed by atoms with Crippen molar-refractivity contribution >= 4 is 17.3 Å². The summed E-state index contributed by atoms with van der Waals surface area (Å²) >= 11 is 1.44. The Balaban J connectivity index is 1.85. The van der Waals surface area contributed by atoms with Gasteiger partial charge in [0.05, 0.1) is 0 Å². The van der Waals surface area contributed by atoms with Gasteiger partial charge in [-0.1, -0.05) is 30.3 Å². The van der Waals surface area contributed by atoms with Crippen LogP contribution in [-0.4, -0.2) is 20.6 Å². The van der Waals surface area contributed by atoms with Crippen molar-refractivity contribution < 1.29 is 9.90 Å². The van der Waals surface area contributed by atoms with Crippen molar-refractivity contribution in [3.05, 3.63) is 71.0 Å². The van der Waals surface area contributed by atoms with Crippen molar-refractivity contribution in [2.24, 2.45) is 0 Å². The third kappa shape index (κ3) is 3.03. The van der Waals surface area contributed by atoms with Crippen LogP contribution in [0, 0.1) is 0 Å². The summed E-state index contributed by atoms with van der Waals surface area (Å²) in [6.07, 6.45) is 5.23. The van der Waals surface area contributed by atoms with Crippen molar-refractivity contribution in [1.29, 1.82) is 0 Å². The molecule has 2 heterocycles. The van der Waals surface area contributed by atoms with Gasteiger partial charge in [0.25, 0.3) is 0 Å². The fourth-order valence-corrected chi connectivity index (χ4v) is 3.17. The van der Waals surface area contributed by atoms with Gasteiger partial charge in [-0.2, -0.15) is 0 Å². The summed E-state index contributed by atoms with van der Waals surface area (Å²) in [4.78, 5) is 16.4. The second-order valence-electron chi connectivity index (χ2n) is 4.65. The molecule has 0 aliphatic heterocycles. The van der Waals surface area contributed by atoms with E-state index in [1.165, 1.54) is 16.9 Å². The Kier molecular flexibility index (Phi) is 3.83. The van der Waals surface area contributed by atoms with Crippen LogP contribution in [0.5, 0.6) is 0 Å². The molecule has 0 saturated carbocycles. The van der Waals surface area contributed by atoms with Gasteiger partial charge in [0.1, 0.15) is 0 Å². The fourth-order valence-electron chi connectivity index (χ4n) is 2.15. The molecule has 21 heavy (non-hydrogen) atoms. The Morgan fingerprint density at radius 1 is 1.10 bits per heavy atom. The van der Waals surface area contributed by atoms with Crippen LogP contribution >= 0.6 is 11.3 Å². The molecule has 106 valence electrons. The topological polar surface area (TPSA) is 55.1 Å². The van der Waals surface area contributed by atoms with Crippen LogP contribution in [-0.2, 0) is 12.8 Å². The van der Waals surface area contributed by atoms with Crippen molar-refractivity contribution in [2.45, 2.75) is 12.8 Å². The van der Waals surface area contributed by atoms with Crippen LogP contribution in [0.1, 0.15) is 20.9 Å². The highest BCUT2D eigenvalue weighted by atomic mass is 32.1. The van der Waals surface area contributed by atoms with Crippen LogP contribution in [0.25, 0.3) is 5.13 Å². The van der Waals surface area contributed by atoms with E-state index in [1.807, 2.05) is 59.4 Å². The lowest BCUT2D eigenvalue weighted by Gasteiger charge is -1.99. The lowest BCUT2D eigenvalue weighted by molar-refractivity contribution is 0.0690. The predicted octanol–water partition coefficient (Wildman–Crippen LogP) is 3.42. The molecule has 0 unspecified atom stereocenters. The van der Waals surface area contributed by atoms with Crippen LogP contribution in [0.2, 0.25) is 0 Å². The molecule has 0 bridgehead atoms. The van der Waals surface area contributed by atoms with Gasteiger partial charge in [-0.3, -0.25) is 0 Å². The second kappa shape index (κ2) is 5.93. The Morgan fingerprint density at radius 3 is 2.48 bits per heavy atom. The van der Waals surface area contributed by atoms with Crippen LogP contribution in [0.15, 0.2) is 54.9 Å². The largest absolute Gasteiger partial charge is 0.476 e. The summed E-state index contributed by atoms with van der Waals surface area (Å²) in [7, 11) is 0. The summed E-state index contributed by atoms with van der Waals surface area (Å²) < 4.78 is 1.84. The zero-order valence-corrected chi connectivity index (χ0v) is 12.1. The molecule has 0 amide bonds. The molecular formula is C16H14N2O2S. The number of benzene rings is 1. The quantitative estimate of drug-likeness (QED) is 0.785. The number of nitrogens with zero attached hydrogens (tertiary/aromatic N) is 2. The number of aromatic carboxylic acids is 1. The summed E-state index contributed by atoms with van der Waals surface area (Å²) in [5, 5.41) is 10.0. The van der Waals surface area contributed by atoms with Gasteiger partial charge >= 0.3 is 5.97 Å². The third-order valence-electron chi connectivity index (χ3n) is 3.20. The van der Waals surface area contributed by atoms with Gasteiger partial charge in [-0.05, 0) is 30.5 Å². The van der Waals surface area contributed by atoms with Gasteiger partial charge < -0.3 is 9.67 Å². The van der Waals surface area contributed by atoms with Crippen LogP contribution < -0.4 is 0 Å². The van der Waals surface area contributed by atoms with E-state index in [9.17, 15) is 9.90 Å². The number of hydrogen-bond acceptors (Lipinski definition) is 3. The molecule has 3 aromatic rings. The summed E-state index contributed by atoms with van der Waals surface area (Å²) in [5.74, 6) is -0.965. The van der Waals surface area contributed by atoms with E-state index in [0.717, 1.165) is 11.3 Å². The average molecular weight is 298 g/mol. The number of carboxylic acids is 1. The van der Waals surface area contributed by atoms with Gasteiger partial charge in [0.15, 0.2) is 10.8 Å². The summed E-state index contributed by atoms with van der Waals surface area (Å²) in [6, 6.07) is 13.8. The van der Waals surface area contributed by atoms with E-state index in [4.69, 9.17) is 0 Å². The maximum atomic E-state index is 11.4. The van der Waals surface area contributed by atoms with E-state index in [0.29, 0.717) is 11.6 Å². The zero-order chi connectivity index (χ0) is 14.7. The number of rotatable bonds is 5. The van der Waals surface area contributed by atoms with Crippen LogP contribution in [0.4, 0.5) is 0 Å². The number of aryl methyl sites for hydroxylation is 2. The monoisotopic (exact) mass is 298 g/mol. The molecule has 0 radical (unpaired) electrons. The molecule has 0 atom stereocenters. The molecule has 0 aliphatic rings. The lowest BCUT2D eigenvalue weighted by atomic mass is 10.1. The number of thiazole rings is 1. The Morgan fingerprint density at radius 2 is 1.81 bits per heavy atom. The molecule has 0 fully saturated rings. The zero-order valence-electron chi connectivity index (χ0n) is 11.3. The maximum absolute atomic E-state index is 11.4. The first-order chi connectivity index (χ1) is 10.2. The number of aromatic nitrogens is 2. The molecule has 1 aromatic carbocycles. The molecule has 5 heteroatoms. The maximum Gasteiger partial charge on any atom is 0.355 e. The summed E-state index contributed by atoms with van der Waals surface area (Å²) in [6.45, 7) is 0. The highest BCUT2D eigenvalue weighted by molar-refractivity contribution is 7.14. The Labute approximate surface area is 126 Å². The second-order valence-corrected chi connectivity index (χ2v) is 5.71. The number of hydrogen-bond donors (Lipinski definition) is 1. The fraction of sp³-hybridized carbons (Fsp3) is 0.125. The first-order valence-electron chi connectivity index (χ1n) is 6.64. The van der Waals surface area contributed by atoms with E-state index in [2.05, 4.69) is 4.98 Å². The highest BCUT2D eigenvalue weighted by Gasteiger charge is 2.17. The van der Waals surface area contributed by atoms with Gasteiger partial charge in [0.2, 0.25) is 0 Å². The molecule has 4 nitrogen and oxygen atoms in total. The van der Waals surface area contributed by atoms with Crippen molar-refractivity contribution in [3.63, 3.8) is 0 Å². The predicted molar refractivity (Wildman–Crippen MR) is 82.3 cm³/mol. The minimum absolute atomic E-state index is 0.166. The highest BCUT2D eigenvalue weighted by Crippen LogP contribution is 2.24. The van der Waals surface area contributed by atoms with Crippen molar-refractivity contribution in [1.82, 2.24) is 9.55 Å². The van der Waals surface area contributed by atoms with E-state index in [-0.39, 0.29) is 5.69 Å². The van der Waals surface area contributed by atoms with E-state index in [1.54, 1.807) is 0 Å². The van der Waals surface area contributed by atoms with Gasteiger partial charge in [-0.15, -0.1) is 11.3 Å². The molecule has 1 N–H and O–H groups in total. The normalized spacial score (nSPS) is 10.7. The van der Waals surface area contributed by atoms with Gasteiger partial charge in [-0.25, -0.2) is 9.78 Å². The molecule has 2 aromatic heterocycles. The number of carboxylic acid groups (broad SMARTS) is 1. The average Bonchev–Trinajstić information content (AvgIpc) is 3.15. The molecule has 3 rings (SSSR count).